The van der Waals surface area contributed by atoms with Crippen molar-refractivity contribution in [1.82, 2.24) is 0 Å². The van der Waals surface area contributed by atoms with E-state index >= 15 is 0 Å². The van der Waals surface area contributed by atoms with Crippen molar-refractivity contribution in [3.8, 4) is 6.07 Å². The van der Waals surface area contributed by atoms with Crippen molar-refractivity contribution < 1.29 is 8.83 Å². The number of para-hydroxylation sites is 1. The number of nitriles is 1. The van der Waals surface area contributed by atoms with E-state index in [1.54, 1.807) is 12.1 Å². The Balaban J connectivity index is 1.42. The van der Waals surface area contributed by atoms with E-state index in [1.165, 1.54) is 0 Å². The van der Waals surface area contributed by atoms with Crippen LogP contribution in [0.2, 0.25) is 0 Å². The molecule has 0 saturated heterocycles. The molecule has 0 radical (unpaired) electrons. The number of anilines is 3. The predicted octanol–water partition coefficient (Wildman–Crippen LogP) is 9.38. The van der Waals surface area contributed by atoms with Crippen LogP contribution in [-0.2, 0) is 0 Å². The lowest BCUT2D eigenvalue weighted by Crippen LogP contribution is -2.09. The zero-order valence-corrected chi connectivity index (χ0v) is 19.5. The molecule has 0 amide bonds. The van der Waals surface area contributed by atoms with Gasteiger partial charge in [-0.1, -0.05) is 30.3 Å². The van der Waals surface area contributed by atoms with Gasteiger partial charge < -0.3 is 13.7 Å². The van der Waals surface area contributed by atoms with E-state index in [0.29, 0.717) is 22.4 Å². The molecule has 0 bridgehead atoms. The van der Waals surface area contributed by atoms with Crippen molar-refractivity contribution in [3.05, 3.63) is 120 Å². The zero-order chi connectivity index (χ0) is 24.9. The van der Waals surface area contributed by atoms with E-state index in [-0.39, 0.29) is 0 Å². The molecule has 5 nitrogen and oxygen atoms in total. The van der Waals surface area contributed by atoms with Gasteiger partial charge in [0.1, 0.15) is 22.3 Å². The third-order valence-corrected chi connectivity index (χ3v) is 6.69. The van der Waals surface area contributed by atoms with Crippen molar-refractivity contribution >= 4 is 66.6 Å². The van der Waals surface area contributed by atoms with E-state index in [4.69, 9.17) is 15.4 Å². The molecule has 172 valence electrons. The van der Waals surface area contributed by atoms with Gasteiger partial charge in [-0.25, -0.2) is 4.85 Å². The molecule has 0 N–H and O–H groups in total. The minimum absolute atomic E-state index is 0.554. The normalized spacial score (nSPS) is 11.2. The fourth-order valence-electron chi connectivity index (χ4n) is 4.96. The van der Waals surface area contributed by atoms with Crippen molar-refractivity contribution in [2.24, 2.45) is 0 Å². The van der Waals surface area contributed by atoms with Crippen molar-refractivity contribution in [2.75, 3.05) is 4.90 Å². The SMILES string of the molecule is [C-]#[N+]c1ccc2c(c1)oc1cc(N(c3ccccc3)c3ccc4c(c3)oc3cc(C#N)ccc34)ccc12. The quantitative estimate of drug-likeness (QED) is 0.239. The summed E-state index contributed by atoms with van der Waals surface area (Å²) in [6, 6.07) is 35.7. The topological polar surface area (TPSA) is 57.7 Å². The van der Waals surface area contributed by atoms with Gasteiger partial charge in [0.2, 0.25) is 0 Å². The minimum Gasteiger partial charge on any atom is -0.457 e. The summed E-state index contributed by atoms with van der Waals surface area (Å²) >= 11 is 0. The smallest absolute Gasteiger partial charge is 0.190 e. The highest BCUT2D eigenvalue weighted by Crippen LogP contribution is 2.41. The second-order valence-electron chi connectivity index (χ2n) is 8.85. The monoisotopic (exact) mass is 475 g/mol. The molecular formula is C32H17N3O2. The van der Waals surface area contributed by atoms with E-state index < -0.39 is 0 Å². The number of rotatable bonds is 3. The Morgan fingerprint density at radius 1 is 0.595 bits per heavy atom. The average molecular weight is 476 g/mol. The van der Waals surface area contributed by atoms with Crippen LogP contribution in [0.1, 0.15) is 5.56 Å². The second-order valence-corrected chi connectivity index (χ2v) is 8.85. The number of nitrogens with zero attached hydrogens (tertiary/aromatic N) is 3. The molecule has 0 saturated carbocycles. The summed E-state index contributed by atoms with van der Waals surface area (Å²) < 4.78 is 12.3. The molecule has 5 aromatic carbocycles. The summed E-state index contributed by atoms with van der Waals surface area (Å²) in [5.74, 6) is 0. The lowest BCUT2D eigenvalue weighted by atomic mass is 10.1. The Kier molecular flexibility index (Phi) is 4.51. The fraction of sp³-hybridized carbons (Fsp3) is 0. The summed E-state index contributed by atoms with van der Waals surface area (Å²) in [5, 5.41) is 13.2. The van der Waals surface area contributed by atoms with Crippen LogP contribution < -0.4 is 4.90 Å². The summed E-state index contributed by atoms with van der Waals surface area (Å²) in [5.41, 5.74) is 6.89. The van der Waals surface area contributed by atoms with Gasteiger partial charge in [0, 0.05) is 50.7 Å². The van der Waals surface area contributed by atoms with E-state index in [1.807, 2.05) is 54.6 Å². The van der Waals surface area contributed by atoms with E-state index in [2.05, 4.69) is 52.2 Å². The molecule has 2 heterocycles. The molecule has 0 unspecified atom stereocenters. The molecule has 0 spiro atoms. The first-order valence-electron chi connectivity index (χ1n) is 11.8. The lowest BCUT2D eigenvalue weighted by molar-refractivity contribution is 0.669. The molecule has 7 rings (SSSR count). The van der Waals surface area contributed by atoms with Crippen LogP contribution >= 0.6 is 0 Å². The van der Waals surface area contributed by atoms with Crippen molar-refractivity contribution in [2.45, 2.75) is 0 Å². The zero-order valence-electron chi connectivity index (χ0n) is 19.5. The summed E-state index contributed by atoms with van der Waals surface area (Å²) in [6.07, 6.45) is 0. The van der Waals surface area contributed by atoms with Crippen LogP contribution in [0, 0.1) is 17.9 Å². The first-order valence-corrected chi connectivity index (χ1v) is 11.8. The fourth-order valence-corrected chi connectivity index (χ4v) is 4.96. The summed E-state index contributed by atoms with van der Waals surface area (Å²) in [7, 11) is 0. The second kappa shape index (κ2) is 8.02. The Labute approximate surface area is 211 Å². The standard InChI is InChI=1S/C32H17N3O2/c1-34-21-8-12-26-28-14-10-24(18-32(28)37-30(26)16-21)35(22-5-3-2-4-6-22)23-9-13-27-25-11-7-20(19-33)15-29(25)36-31(27)17-23/h2-18H. The lowest BCUT2D eigenvalue weighted by Gasteiger charge is -2.25. The van der Waals surface area contributed by atoms with E-state index in [9.17, 15) is 5.26 Å². The first kappa shape index (κ1) is 20.8. The Hall–Kier alpha value is -5.52. The van der Waals surface area contributed by atoms with Crippen LogP contribution in [0.3, 0.4) is 0 Å². The number of hydrogen-bond acceptors (Lipinski definition) is 4. The number of fused-ring (bicyclic) bond motifs is 6. The average Bonchev–Trinajstić information content (AvgIpc) is 3.49. The van der Waals surface area contributed by atoms with Gasteiger partial charge in [-0.15, -0.1) is 0 Å². The molecule has 0 aliphatic carbocycles. The van der Waals surface area contributed by atoms with Crippen LogP contribution in [0.25, 0.3) is 48.7 Å². The van der Waals surface area contributed by atoms with Gasteiger partial charge >= 0.3 is 0 Å². The Morgan fingerprint density at radius 2 is 1.14 bits per heavy atom. The molecule has 2 aromatic heterocycles. The maximum atomic E-state index is 9.27. The molecule has 0 aliphatic heterocycles. The van der Waals surface area contributed by atoms with Gasteiger partial charge in [-0.3, -0.25) is 0 Å². The highest BCUT2D eigenvalue weighted by atomic mass is 16.3. The molecular weight excluding hydrogens is 458 g/mol. The highest BCUT2D eigenvalue weighted by molar-refractivity contribution is 6.08. The van der Waals surface area contributed by atoms with Gasteiger partial charge in [-0.05, 0) is 60.7 Å². The molecule has 5 heteroatoms. The van der Waals surface area contributed by atoms with Gasteiger partial charge in [0.15, 0.2) is 5.69 Å². The largest absolute Gasteiger partial charge is 0.457 e. The summed E-state index contributed by atoms with van der Waals surface area (Å²) in [6.45, 7) is 7.30. The number of furan rings is 2. The summed E-state index contributed by atoms with van der Waals surface area (Å²) in [4.78, 5) is 5.68. The van der Waals surface area contributed by atoms with Gasteiger partial charge in [0.25, 0.3) is 0 Å². The molecule has 0 atom stereocenters. The van der Waals surface area contributed by atoms with E-state index in [0.717, 1.165) is 49.8 Å². The van der Waals surface area contributed by atoms with Gasteiger partial charge in [-0.2, -0.15) is 5.26 Å². The van der Waals surface area contributed by atoms with Crippen LogP contribution in [0.15, 0.2) is 112 Å². The predicted molar refractivity (Wildman–Crippen MR) is 147 cm³/mol. The molecule has 0 aliphatic rings. The molecule has 37 heavy (non-hydrogen) atoms. The Morgan fingerprint density at radius 3 is 1.73 bits per heavy atom. The van der Waals surface area contributed by atoms with Crippen LogP contribution in [-0.4, -0.2) is 0 Å². The number of hydrogen-bond donors (Lipinski definition) is 0. The van der Waals surface area contributed by atoms with Crippen LogP contribution in [0.5, 0.6) is 0 Å². The third kappa shape index (κ3) is 3.31. The first-order chi connectivity index (χ1) is 18.2. The van der Waals surface area contributed by atoms with Crippen molar-refractivity contribution in [1.29, 1.82) is 5.26 Å². The number of benzene rings is 5. The third-order valence-electron chi connectivity index (χ3n) is 6.69. The Bertz CT molecular complexity index is 1940. The maximum Gasteiger partial charge on any atom is 0.190 e. The van der Waals surface area contributed by atoms with Crippen molar-refractivity contribution in [3.63, 3.8) is 0 Å². The maximum absolute atomic E-state index is 9.27. The van der Waals surface area contributed by atoms with Crippen LogP contribution in [0.4, 0.5) is 22.7 Å². The molecule has 0 fully saturated rings. The van der Waals surface area contributed by atoms with Gasteiger partial charge in [0.05, 0.1) is 18.2 Å². The molecule has 7 aromatic rings. The highest BCUT2D eigenvalue weighted by Gasteiger charge is 2.17. The minimum atomic E-state index is 0.554.